The molecule has 29 heavy (non-hydrogen) atoms. The second-order valence-corrected chi connectivity index (χ2v) is 6.94. The molecule has 0 aliphatic rings. The lowest BCUT2D eigenvalue weighted by Crippen LogP contribution is -2.22. The fourth-order valence-corrected chi connectivity index (χ4v) is 3.19. The van der Waals surface area contributed by atoms with Crippen LogP contribution in [0.3, 0.4) is 0 Å². The number of aromatic nitrogens is 1. The smallest absolute Gasteiger partial charge is 0.257 e. The number of rotatable bonds is 6. The highest BCUT2D eigenvalue weighted by Gasteiger charge is 2.10. The fraction of sp³-hybridized carbons (Fsp3) is 0.217. The molecule has 150 valence electrons. The van der Waals surface area contributed by atoms with E-state index < -0.39 is 0 Å². The molecule has 1 aromatic heterocycles. The number of nitrogens with zero attached hydrogens (tertiary/aromatic N) is 1. The molecule has 6 heteroatoms. The maximum atomic E-state index is 12.7. The SMILES string of the molecule is COc1cc(Cn2cc(C(=O)Nc3cc(C)cc(C)c3)ccc2=O)cc(OC)c1. The number of nitrogens with one attached hydrogen (secondary N) is 1. The number of carbonyl (C=O) groups is 1. The number of ether oxygens (including phenoxy) is 2. The lowest BCUT2D eigenvalue weighted by atomic mass is 10.1. The second kappa shape index (κ2) is 8.65. The van der Waals surface area contributed by atoms with Gasteiger partial charge in [-0.2, -0.15) is 0 Å². The third-order valence-electron chi connectivity index (χ3n) is 4.49. The Morgan fingerprint density at radius 2 is 1.55 bits per heavy atom. The number of anilines is 1. The lowest BCUT2D eigenvalue weighted by molar-refractivity contribution is 0.102. The van der Waals surface area contributed by atoms with Gasteiger partial charge in [0.1, 0.15) is 11.5 Å². The first kappa shape index (κ1) is 20.2. The maximum Gasteiger partial charge on any atom is 0.257 e. The molecule has 3 aromatic rings. The van der Waals surface area contributed by atoms with E-state index in [1.165, 1.54) is 16.7 Å². The molecule has 0 fully saturated rings. The van der Waals surface area contributed by atoms with E-state index in [9.17, 15) is 9.59 Å². The van der Waals surface area contributed by atoms with Crippen LogP contribution in [-0.2, 0) is 6.54 Å². The Morgan fingerprint density at radius 3 is 2.14 bits per heavy atom. The van der Waals surface area contributed by atoms with E-state index in [1.807, 2.05) is 44.2 Å². The predicted molar refractivity (Wildman–Crippen MR) is 113 cm³/mol. The van der Waals surface area contributed by atoms with Crippen molar-refractivity contribution >= 4 is 11.6 Å². The Balaban J connectivity index is 1.86. The zero-order valence-corrected chi connectivity index (χ0v) is 17.0. The van der Waals surface area contributed by atoms with E-state index in [4.69, 9.17) is 9.47 Å². The largest absolute Gasteiger partial charge is 0.497 e. The van der Waals surface area contributed by atoms with Crippen molar-refractivity contribution in [1.29, 1.82) is 0 Å². The van der Waals surface area contributed by atoms with E-state index >= 15 is 0 Å². The summed E-state index contributed by atoms with van der Waals surface area (Å²) < 4.78 is 12.1. The topological polar surface area (TPSA) is 69.6 Å². The van der Waals surface area contributed by atoms with Crippen LogP contribution in [0, 0.1) is 13.8 Å². The molecular formula is C23H24N2O4. The Hall–Kier alpha value is -3.54. The monoisotopic (exact) mass is 392 g/mol. The number of hydrogen-bond donors (Lipinski definition) is 1. The zero-order valence-electron chi connectivity index (χ0n) is 17.0. The van der Waals surface area contributed by atoms with Crippen molar-refractivity contribution < 1.29 is 14.3 Å². The Kier molecular flexibility index (Phi) is 6.02. The summed E-state index contributed by atoms with van der Waals surface area (Å²) >= 11 is 0. The van der Waals surface area contributed by atoms with Gasteiger partial charge < -0.3 is 19.4 Å². The van der Waals surface area contributed by atoms with Crippen molar-refractivity contribution in [2.45, 2.75) is 20.4 Å². The molecule has 0 radical (unpaired) electrons. The summed E-state index contributed by atoms with van der Waals surface area (Å²) in [7, 11) is 3.14. The number of benzene rings is 2. The molecule has 0 unspecified atom stereocenters. The molecule has 0 saturated carbocycles. The van der Waals surface area contributed by atoms with Gasteiger partial charge in [-0.3, -0.25) is 9.59 Å². The van der Waals surface area contributed by atoms with Crippen LogP contribution >= 0.6 is 0 Å². The Bertz CT molecular complexity index is 1060. The van der Waals surface area contributed by atoms with E-state index in [-0.39, 0.29) is 18.0 Å². The molecule has 0 aliphatic carbocycles. The minimum atomic E-state index is -0.271. The third-order valence-corrected chi connectivity index (χ3v) is 4.49. The van der Waals surface area contributed by atoms with Crippen LogP contribution in [0.4, 0.5) is 5.69 Å². The normalized spacial score (nSPS) is 10.5. The van der Waals surface area contributed by atoms with Gasteiger partial charge in [-0.1, -0.05) is 6.07 Å². The molecular weight excluding hydrogens is 368 g/mol. The summed E-state index contributed by atoms with van der Waals surface area (Å²) in [6.07, 6.45) is 1.56. The summed E-state index contributed by atoms with van der Waals surface area (Å²) in [6, 6.07) is 14.2. The van der Waals surface area contributed by atoms with Gasteiger partial charge in [-0.15, -0.1) is 0 Å². The molecule has 0 saturated heterocycles. The molecule has 3 rings (SSSR count). The zero-order chi connectivity index (χ0) is 21.0. The van der Waals surface area contributed by atoms with Crippen LogP contribution in [0.25, 0.3) is 0 Å². The van der Waals surface area contributed by atoms with Crippen molar-refractivity contribution in [2.24, 2.45) is 0 Å². The Morgan fingerprint density at radius 1 is 0.931 bits per heavy atom. The highest BCUT2D eigenvalue weighted by molar-refractivity contribution is 6.04. The first-order valence-electron chi connectivity index (χ1n) is 9.20. The van der Waals surface area contributed by atoms with Crippen LogP contribution in [0.5, 0.6) is 11.5 Å². The van der Waals surface area contributed by atoms with Gasteiger partial charge in [0.25, 0.3) is 11.5 Å². The number of amides is 1. The first-order chi connectivity index (χ1) is 13.9. The van der Waals surface area contributed by atoms with Crippen LogP contribution in [0.2, 0.25) is 0 Å². The standard InChI is InChI=1S/C23H24N2O4/c1-15-7-16(2)9-19(8-15)24-23(27)18-5-6-22(26)25(14-18)13-17-10-20(28-3)12-21(11-17)29-4/h5-12,14H,13H2,1-4H3,(H,24,27). The van der Waals surface area contributed by atoms with Gasteiger partial charge in [0, 0.05) is 24.0 Å². The predicted octanol–water partition coefficient (Wildman–Crippen LogP) is 3.78. The number of carbonyl (C=O) groups excluding carboxylic acids is 1. The first-order valence-corrected chi connectivity index (χ1v) is 9.20. The quantitative estimate of drug-likeness (QED) is 0.693. The molecule has 0 spiro atoms. The molecule has 0 atom stereocenters. The number of methoxy groups -OCH3 is 2. The fourth-order valence-electron chi connectivity index (χ4n) is 3.19. The molecule has 6 nitrogen and oxygen atoms in total. The maximum absolute atomic E-state index is 12.7. The van der Waals surface area contributed by atoms with E-state index in [0.717, 1.165) is 22.4 Å². The van der Waals surface area contributed by atoms with Crippen LogP contribution in [0.15, 0.2) is 59.5 Å². The average Bonchev–Trinajstić information content (AvgIpc) is 2.68. The minimum Gasteiger partial charge on any atom is -0.497 e. The van der Waals surface area contributed by atoms with Gasteiger partial charge in [0.05, 0.1) is 26.3 Å². The van der Waals surface area contributed by atoms with Crippen LogP contribution in [0.1, 0.15) is 27.0 Å². The van der Waals surface area contributed by atoms with Gasteiger partial charge in [-0.25, -0.2) is 0 Å². The third kappa shape index (κ3) is 5.04. The molecule has 2 aromatic carbocycles. The van der Waals surface area contributed by atoms with Crippen molar-refractivity contribution in [3.8, 4) is 11.5 Å². The minimum absolute atomic E-state index is 0.199. The number of aryl methyl sites for hydroxylation is 2. The van der Waals surface area contributed by atoms with Gasteiger partial charge in [-0.05, 0) is 60.9 Å². The number of pyridine rings is 1. The van der Waals surface area contributed by atoms with Crippen molar-refractivity contribution in [1.82, 2.24) is 4.57 Å². The van der Waals surface area contributed by atoms with Crippen LogP contribution < -0.4 is 20.3 Å². The highest BCUT2D eigenvalue weighted by atomic mass is 16.5. The lowest BCUT2D eigenvalue weighted by Gasteiger charge is -2.12. The van der Waals surface area contributed by atoms with Crippen LogP contribution in [-0.4, -0.2) is 24.7 Å². The van der Waals surface area contributed by atoms with Gasteiger partial charge >= 0.3 is 0 Å². The van der Waals surface area contributed by atoms with Crippen molar-refractivity contribution in [3.63, 3.8) is 0 Å². The molecule has 1 heterocycles. The summed E-state index contributed by atoms with van der Waals surface area (Å²) in [5, 5.41) is 2.89. The summed E-state index contributed by atoms with van der Waals surface area (Å²) in [5.74, 6) is 0.999. The molecule has 1 N–H and O–H groups in total. The number of hydrogen-bond acceptors (Lipinski definition) is 4. The summed E-state index contributed by atoms with van der Waals surface area (Å²) in [5.41, 5.74) is 3.89. The summed E-state index contributed by atoms with van der Waals surface area (Å²) in [4.78, 5) is 25.0. The van der Waals surface area contributed by atoms with E-state index in [2.05, 4.69) is 5.32 Å². The Labute approximate surface area is 169 Å². The molecule has 1 amide bonds. The molecule has 0 bridgehead atoms. The van der Waals surface area contributed by atoms with Gasteiger partial charge in [0.2, 0.25) is 0 Å². The van der Waals surface area contributed by atoms with E-state index in [0.29, 0.717) is 17.1 Å². The molecule has 0 aliphatic heterocycles. The van der Waals surface area contributed by atoms with Gasteiger partial charge in [0.15, 0.2) is 0 Å². The average molecular weight is 392 g/mol. The van der Waals surface area contributed by atoms with E-state index in [1.54, 1.807) is 26.5 Å². The highest BCUT2D eigenvalue weighted by Crippen LogP contribution is 2.23. The summed E-state index contributed by atoms with van der Waals surface area (Å²) in [6.45, 7) is 4.24. The van der Waals surface area contributed by atoms with Crippen molar-refractivity contribution in [2.75, 3.05) is 19.5 Å². The van der Waals surface area contributed by atoms with Crippen molar-refractivity contribution in [3.05, 3.63) is 87.3 Å². The second-order valence-electron chi connectivity index (χ2n) is 6.94.